The van der Waals surface area contributed by atoms with Crippen molar-refractivity contribution in [3.05, 3.63) is 46.9 Å². The zero-order valence-corrected chi connectivity index (χ0v) is 12.1. The molecule has 112 valence electrons. The fourth-order valence-corrected chi connectivity index (χ4v) is 2.65. The molecule has 0 spiro atoms. The molecule has 1 aromatic heterocycles. The maximum atomic E-state index is 11.6. The van der Waals surface area contributed by atoms with Crippen LogP contribution in [0.1, 0.15) is 16.1 Å². The van der Waals surface area contributed by atoms with E-state index in [-0.39, 0.29) is 27.7 Å². The first-order valence-corrected chi connectivity index (χ1v) is 7.57. The molecule has 0 aliphatic rings. The van der Waals surface area contributed by atoms with Gasteiger partial charge in [0, 0.05) is 0 Å². The molecule has 0 unspecified atom stereocenters. The highest BCUT2D eigenvalue weighted by Gasteiger charge is 2.20. The van der Waals surface area contributed by atoms with Crippen LogP contribution in [0, 0.1) is 0 Å². The van der Waals surface area contributed by atoms with Gasteiger partial charge >= 0.3 is 5.97 Å². The topological polar surface area (TPSA) is 123 Å². The summed E-state index contributed by atoms with van der Waals surface area (Å²) in [6.45, 7) is 0.193. The zero-order valence-electron chi connectivity index (χ0n) is 10.5. The number of carboxylic acid groups (broad SMARTS) is 1. The minimum atomic E-state index is -4.11. The summed E-state index contributed by atoms with van der Waals surface area (Å²) in [5.41, 5.74) is -0.242. The first-order chi connectivity index (χ1) is 9.79. The molecule has 0 aliphatic carbocycles. The van der Waals surface area contributed by atoms with Gasteiger partial charge in [0.1, 0.15) is 10.7 Å². The van der Waals surface area contributed by atoms with Crippen LogP contribution in [0.2, 0.25) is 5.02 Å². The van der Waals surface area contributed by atoms with Crippen molar-refractivity contribution in [1.29, 1.82) is 0 Å². The summed E-state index contributed by atoms with van der Waals surface area (Å²) < 4.78 is 28.3. The lowest BCUT2D eigenvalue weighted by atomic mass is 10.2. The predicted molar refractivity (Wildman–Crippen MR) is 75.8 cm³/mol. The number of benzene rings is 1. The lowest BCUT2D eigenvalue weighted by molar-refractivity contribution is 0.0697. The Morgan fingerprint density at radius 3 is 2.67 bits per heavy atom. The first kappa shape index (κ1) is 15.4. The number of primary sulfonamides is 1. The van der Waals surface area contributed by atoms with Gasteiger partial charge in [-0.3, -0.25) is 0 Å². The van der Waals surface area contributed by atoms with Crippen molar-refractivity contribution in [3.63, 3.8) is 0 Å². The zero-order chi connectivity index (χ0) is 15.6. The van der Waals surface area contributed by atoms with Crippen molar-refractivity contribution >= 4 is 33.3 Å². The van der Waals surface area contributed by atoms with Crippen LogP contribution in [0.15, 0.2) is 39.8 Å². The summed E-state index contributed by atoms with van der Waals surface area (Å²) in [7, 11) is -4.11. The molecular weight excluding hydrogens is 320 g/mol. The second-order valence-corrected chi connectivity index (χ2v) is 6.05. The summed E-state index contributed by atoms with van der Waals surface area (Å²) in [6.07, 6.45) is 1.47. The van der Waals surface area contributed by atoms with Gasteiger partial charge < -0.3 is 14.8 Å². The molecule has 0 radical (unpaired) electrons. The lowest BCUT2D eigenvalue weighted by Crippen LogP contribution is -2.16. The van der Waals surface area contributed by atoms with Crippen LogP contribution in [-0.2, 0) is 16.6 Å². The van der Waals surface area contributed by atoms with Gasteiger partial charge in [-0.2, -0.15) is 0 Å². The molecule has 4 N–H and O–H groups in total. The third kappa shape index (κ3) is 3.54. The lowest BCUT2D eigenvalue weighted by Gasteiger charge is -2.12. The quantitative estimate of drug-likeness (QED) is 0.769. The molecule has 1 heterocycles. The number of anilines is 1. The van der Waals surface area contributed by atoms with Gasteiger partial charge in [-0.25, -0.2) is 18.4 Å². The summed E-state index contributed by atoms with van der Waals surface area (Å²) in [6, 6.07) is 5.49. The van der Waals surface area contributed by atoms with Crippen LogP contribution < -0.4 is 10.5 Å². The highest BCUT2D eigenvalue weighted by molar-refractivity contribution is 7.89. The van der Waals surface area contributed by atoms with Crippen LogP contribution >= 0.6 is 11.6 Å². The Balaban J connectivity index is 2.43. The van der Waals surface area contributed by atoms with E-state index in [2.05, 4.69) is 5.32 Å². The van der Waals surface area contributed by atoms with Gasteiger partial charge in [0.25, 0.3) is 0 Å². The normalized spacial score (nSPS) is 11.3. The van der Waals surface area contributed by atoms with E-state index >= 15 is 0 Å². The molecule has 0 saturated heterocycles. The van der Waals surface area contributed by atoms with Gasteiger partial charge in [-0.1, -0.05) is 11.6 Å². The van der Waals surface area contributed by atoms with E-state index in [9.17, 15) is 13.2 Å². The number of sulfonamides is 1. The van der Waals surface area contributed by atoms with Crippen LogP contribution in [0.3, 0.4) is 0 Å². The van der Waals surface area contributed by atoms with E-state index in [1.807, 2.05) is 0 Å². The molecule has 9 heteroatoms. The second-order valence-electron chi connectivity index (χ2n) is 4.11. The number of furan rings is 1. The average molecular weight is 331 g/mol. The van der Waals surface area contributed by atoms with Crippen molar-refractivity contribution in [2.24, 2.45) is 5.14 Å². The van der Waals surface area contributed by atoms with Gasteiger partial charge in [0.2, 0.25) is 10.0 Å². The summed E-state index contributed by atoms with van der Waals surface area (Å²) in [4.78, 5) is 10.7. The van der Waals surface area contributed by atoms with Gasteiger partial charge in [0.05, 0.1) is 29.1 Å². The fourth-order valence-electron chi connectivity index (χ4n) is 1.69. The van der Waals surface area contributed by atoms with E-state index in [1.54, 1.807) is 12.1 Å². The third-order valence-corrected chi connectivity index (χ3v) is 3.90. The fraction of sp³-hybridized carbons (Fsp3) is 0.0833. The highest BCUT2D eigenvalue weighted by Crippen LogP contribution is 2.28. The molecule has 2 aromatic rings. The Morgan fingerprint density at radius 1 is 1.43 bits per heavy atom. The number of aromatic carboxylic acids is 1. The number of hydrogen-bond acceptors (Lipinski definition) is 5. The van der Waals surface area contributed by atoms with Crippen molar-refractivity contribution in [2.45, 2.75) is 11.4 Å². The molecular formula is C12H11ClN2O5S. The minimum absolute atomic E-state index is 0.100. The summed E-state index contributed by atoms with van der Waals surface area (Å²) in [5.74, 6) is -0.781. The van der Waals surface area contributed by atoms with E-state index < -0.39 is 16.0 Å². The number of hydrogen-bond donors (Lipinski definition) is 3. The number of carbonyl (C=O) groups is 1. The number of halogens is 1. The maximum Gasteiger partial charge on any atom is 0.337 e. The molecule has 0 fully saturated rings. The number of carboxylic acids is 1. The standard InChI is InChI=1S/C12H11ClN2O5S/c13-9-5-10(15-6-7-2-1-3-20-7)11(21(14,18)19)4-8(9)12(16)17/h1-5,15H,6H2,(H,16,17)(H2,14,18,19). The number of nitrogens with one attached hydrogen (secondary N) is 1. The van der Waals surface area contributed by atoms with E-state index in [1.165, 1.54) is 12.3 Å². The monoisotopic (exact) mass is 330 g/mol. The first-order valence-electron chi connectivity index (χ1n) is 5.65. The van der Waals surface area contributed by atoms with E-state index in [0.717, 1.165) is 6.07 Å². The molecule has 0 amide bonds. The summed E-state index contributed by atoms with van der Waals surface area (Å²) >= 11 is 5.83. The third-order valence-electron chi connectivity index (χ3n) is 2.64. The van der Waals surface area contributed by atoms with Gasteiger partial charge in [-0.05, 0) is 24.3 Å². The minimum Gasteiger partial charge on any atom is -0.478 e. The van der Waals surface area contributed by atoms with Crippen LogP contribution in [0.5, 0.6) is 0 Å². The average Bonchev–Trinajstić information content (AvgIpc) is 2.87. The molecule has 0 saturated carbocycles. The molecule has 7 nitrogen and oxygen atoms in total. The maximum absolute atomic E-state index is 11.6. The molecule has 2 rings (SSSR count). The van der Waals surface area contributed by atoms with Crippen molar-refractivity contribution < 1.29 is 22.7 Å². The molecule has 1 aromatic carbocycles. The summed E-state index contributed by atoms with van der Waals surface area (Å²) in [5, 5.41) is 16.8. The molecule has 21 heavy (non-hydrogen) atoms. The molecule has 0 atom stereocenters. The second kappa shape index (κ2) is 5.76. The Kier molecular flexibility index (Phi) is 4.21. The molecule has 0 bridgehead atoms. The molecule has 0 aliphatic heterocycles. The Labute approximate surface area is 125 Å². The van der Waals surface area contributed by atoms with E-state index in [4.69, 9.17) is 26.3 Å². The Bertz CT molecular complexity index is 771. The van der Waals surface area contributed by atoms with Crippen LogP contribution in [-0.4, -0.2) is 19.5 Å². The van der Waals surface area contributed by atoms with Crippen molar-refractivity contribution in [1.82, 2.24) is 0 Å². The number of nitrogens with two attached hydrogens (primary N) is 1. The Morgan fingerprint density at radius 2 is 2.14 bits per heavy atom. The van der Waals surface area contributed by atoms with Crippen LogP contribution in [0.25, 0.3) is 0 Å². The predicted octanol–water partition coefficient (Wildman–Crippen LogP) is 1.89. The van der Waals surface area contributed by atoms with Crippen LogP contribution in [0.4, 0.5) is 5.69 Å². The Hall–Kier alpha value is -2.03. The smallest absolute Gasteiger partial charge is 0.337 e. The van der Waals surface area contributed by atoms with Crippen molar-refractivity contribution in [2.75, 3.05) is 5.32 Å². The van der Waals surface area contributed by atoms with Gasteiger partial charge in [0.15, 0.2) is 0 Å². The largest absolute Gasteiger partial charge is 0.478 e. The number of rotatable bonds is 5. The van der Waals surface area contributed by atoms with Gasteiger partial charge in [-0.15, -0.1) is 0 Å². The highest BCUT2D eigenvalue weighted by atomic mass is 35.5. The van der Waals surface area contributed by atoms with E-state index in [0.29, 0.717) is 5.76 Å². The SMILES string of the molecule is NS(=O)(=O)c1cc(C(=O)O)c(Cl)cc1NCc1ccco1. The van der Waals surface area contributed by atoms with Crippen molar-refractivity contribution in [3.8, 4) is 0 Å².